The molecule has 1 heterocycles. The van der Waals surface area contributed by atoms with Crippen LogP contribution >= 0.6 is 11.6 Å². The van der Waals surface area contributed by atoms with Gasteiger partial charge >= 0.3 is 0 Å². The molecule has 0 spiro atoms. The second-order valence-corrected chi connectivity index (χ2v) is 5.74. The fourth-order valence-electron chi connectivity index (χ4n) is 2.40. The van der Waals surface area contributed by atoms with Crippen molar-refractivity contribution in [3.05, 3.63) is 34.9 Å². The minimum atomic E-state index is -1.34. The minimum absolute atomic E-state index is 0.0847. The maximum atomic E-state index is 11.3. The van der Waals surface area contributed by atoms with Crippen LogP contribution in [0.15, 0.2) is 24.3 Å². The molecule has 23 heavy (non-hydrogen) atoms. The number of nitrogens with one attached hydrogen (secondary N) is 1. The van der Waals surface area contributed by atoms with E-state index in [4.69, 9.17) is 21.1 Å². The fraction of sp³-hybridized carbons (Fsp3) is 0.533. The zero-order valence-electron chi connectivity index (χ0n) is 12.6. The van der Waals surface area contributed by atoms with Gasteiger partial charge in [0.2, 0.25) is 5.91 Å². The maximum absolute atomic E-state index is 11.3. The first-order valence-electron chi connectivity index (χ1n) is 7.18. The molecule has 1 aromatic rings. The smallest absolute Gasteiger partial charge is 0.217 e. The summed E-state index contributed by atoms with van der Waals surface area (Å²) in [5.41, 5.74) is 0.709. The van der Waals surface area contributed by atoms with Crippen molar-refractivity contribution in [2.24, 2.45) is 0 Å². The molecule has 1 fully saturated rings. The number of aliphatic hydroxyl groups is 3. The number of hydrogen-bond acceptors (Lipinski definition) is 6. The van der Waals surface area contributed by atoms with E-state index in [2.05, 4.69) is 5.32 Å². The molecule has 0 aliphatic carbocycles. The number of ether oxygens (including phenoxy) is 2. The number of amides is 1. The number of carbonyl (C=O) groups excluding carboxylic acids is 1. The third-order valence-electron chi connectivity index (χ3n) is 3.61. The average Bonchev–Trinajstić information content (AvgIpc) is 2.52. The van der Waals surface area contributed by atoms with Gasteiger partial charge in [0.25, 0.3) is 0 Å². The summed E-state index contributed by atoms with van der Waals surface area (Å²) in [6.45, 7) is 0.876. The summed E-state index contributed by atoms with van der Waals surface area (Å²) in [5.74, 6) is -0.404. The van der Waals surface area contributed by atoms with E-state index in [9.17, 15) is 20.1 Å². The number of carbonyl (C=O) groups is 1. The van der Waals surface area contributed by atoms with E-state index in [0.717, 1.165) is 0 Å². The Morgan fingerprint density at radius 2 is 2.04 bits per heavy atom. The Morgan fingerprint density at radius 3 is 2.65 bits per heavy atom. The van der Waals surface area contributed by atoms with Gasteiger partial charge in [0.1, 0.15) is 24.4 Å². The quantitative estimate of drug-likeness (QED) is 0.588. The molecule has 1 aromatic carbocycles. The van der Waals surface area contributed by atoms with Crippen LogP contribution in [0.25, 0.3) is 0 Å². The molecule has 4 N–H and O–H groups in total. The van der Waals surface area contributed by atoms with E-state index >= 15 is 0 Å². The number of aliphatic hydroxyl groups excluding tert-OH is 3. The summed E-state index contributed by atoms with van der Waals surface area (Å²) in [6.07, 6.45) is -4.71. The van der Waals surface area contributed by atoms with Gasteiger partial charge in [0.05, 0.1) is 13.2 Å². The lowest BCUT2D eigenvalue weighted by atomic mass is 9.97. The number of halogens is 1. The number of hydrogen-bond donors (Lipinski definition) is 4. The highest BCUT2D eigenvalue weighted by Gasteiger charge is 2.45. The number of benzene rings is 1. The topological polar surface area (TPSA) is 108 Å². The SMILES string of the molecule is CC(=O)N[C@@H]1[C@H](OCc2ccccc2Cl)O[C@H](CO)[C@H](O)[C@H]1O. The molecule has 1 aliphatic rings. The summed E-state index contributed by atoms with van der Waals surface area (Å²) < 4.78 is 11.1. The lowest BCUT2D eigenvalue weighted by Gasteiger charge is -2.42. The molecule has 128 valence electrons. The molecule has 0 radical (unpaired) electrons. The van der Waals surface area contributed by atoms with Crippen LogP contribution in [0, 0.1) is 0 Å². The number of rotatable bonds is 5. The fourth-order valence-corrected chi connectivity index (χ4v) is 2.59. The lowest BCUT2D eigenvalue weighted by molar-refractivity contribution is -0.273. The van der Waals surface area contributed by atoms with Crippen LogP contribution in [0.5, 0.6) is 0 Å². The molecule has 8 heteroatoms. The summed E-state index contributed by atoms with van der Waals surface area (Å²) in [7, 11) is 0. The van der Waals surface area contributed by atoms with Gasteiger partial charge in [-0.2, -0.15) is 0 Å². The van der Waals surface area contributed by atoms with Gasteiger partial charge in [-0.05, 0) is 11.6 Å². The third-order valence-corrected chi connectivity index (χ3v) is 3.98. The monoisotopic (exact) mass is 345 g/mol. The molecule has 1 saturated heterocycles. The van der Waals surface area contributed by atoms with Crippen LogP contribution in [0.1, 0.15) is 12.5 Å². The molecule has 2 rings (SSSR count). The van der Waals surface area contributed by atoms with Gasteiger partial charge < -0.3 is 30.1 Å². The van der Waals surface area contributed by atoms with Gasteiger partial charge in [-0.3, -0.25) is 4.79 Å². The van der Waals surface area contributed by atoms with Crippen LogP contribution in [-0.4, -0.2) is 58.5 Å². The third kappa shape index (κ3) is 4.41. The Balaban J connectivity index is 2.11. The molecular formula is C15H20ClNO6. The molecule has 0 saturated carbocycles. The first kappa shape index (κ1) is 18.1. The van der Waals surface area contributed by atoms with E-state index in [-0.39, 0.29) is 6.61 Å². The van der Waals surface area contributed by atoms with Gasteiger partial charge in [0.15, 0.2) is 6.29 Å². The average molecular weight is 346 g/mol. The largest absolute Gasteiger partial charge is 0.394 e. The van der Waals surface area contributed by atoms with Crippen molar-refractivity contribution in [2.45, 2.75) is 44.2 Å². The van der Waals surface area contributed by atoms with Crippen molar-refractivity contribution in [1.82, 2.24) is 5.32 Å². The Morgan fingerprint density at radius 1 is 1.35 bits per heavy atom. The molecule has 1 amide bonds. The van der Waals surface area contributed by atoms with Crippen LogP contribution in [0.2, 0.25) is 5.02 Å². The first-order chi connectivity index (χ1) is 10.9. The van der Waals surface area contributed by atoms with Gasteiger partial charge in [-0.15, -0.1) is 0 Å². The summed E-state index contributed by atoms with van der Waals surface area (Å²) >= 11 is 6.05. The molecule has 1 aliphatic heterocycles. The van der Waals surface area contributed by atoms with E-state index in [1.54, 1.807) is 24.3 Å². The summed E-state index contributed by atoms with van der Waals surface area (Å²) in [4.78, 5) is 11.3. The Hall–Kier alpha value is -1.22. The predicted molar refractivity (Wildman–Crippen MR) is 81.6 cm³/mol. The van der Waals surface area contributed by atoms with Crippen LogP contribution < -0.4 is 5.32 Å². The summed E-state index contributed by atoms with van der Waals surface area (Å²) in [6, 6.07) is 6.10. The van der Waals surface area contributed by atoms with E-state index < -0.39 is 43.2 Å². The molecule has 0 unspecified atom stereocenters. The van der Waals surface area contributed by atoms with Crippen molar-refractivity contribution in [1.29, 1.82) is 0 Å². The second-order valence-electron chi connectivity index (χ2n) is 5.34. The van der Waals surface area contributed by atoms with E-state index in [1.807, 2.05) is 0 Å². The standard InChI is InChI=1S/C15H20ClNO6/c1-8(19)17-12-14(21)13(20)11(6-18)23-15(12)22-7-9-4-2-3-5-10(9)16/h2-5,11-15,18,20-21H,6-7H2,1H3,(H,17,19)/t11-,12+,13+,14+,15-/m1/s1. The minimum Gasteiger partial charge on any atom is -0.394 e. The molecular weight excluding hydrogens is 326 g/mol. The van der Waals surface area contributed by atoms with E-state index in [0.29, 0.717) is 10.6 Å². The zero-order chi connectivity index (χ0) is 17.0. The normalized spacial score (nSPS) is 30.9. The van der Waals surface area contributed by atoms with Gasteiger partial charge in [0, 0.05) is 11.9 Å². The Kier molecular flexibility index (Phi) is 6.34. The van der Waals surface area contributed by atoms with Crippen molar-refractivity contribution < 1.29 is 29.6 Å². The maximum Gasteiger partial charge on any atom is 0.217 e. The highest BCUT2D eigenvalue weighted by atomic mass is 35.5. The lowest BCUT2D eigenvalue weighted by Crippen LogP contribution is -2.64. The van der Waals surface area contributed by atoms with Crippen LogP contribution in [0.3, 0.4) is 0 Å². The molecule has 5 atom stereocenters. The highest BCUT2D eigenvalue weighted by Crippen LogP contribution is 2.24. The zero-order valence-corrected chi connectivity index (χ0v) is 13.3. The van der Waals surface area contributed by atoms with Crippen molar-refractivity contribution >= 4 is 17.5 Å². The summed E-state index contributed by atoms with van der Waals surface area (Å²) in [5, 5.41) is 32.3. The van der Waals surface area contributed by atoms with Crippen molar-refractivity contribution in [3.63, 3.8) is 0 Å². The van der Waals surface area contributed by atoms with Gasteiger partial charge in [-0.1, -0.05) is 29.8 Å². The van der Waals surface area contributed by atoms with Gasteiger partial charge in [-0.25, -0.2) is 0 Å². The Bertz CT molecular complexity index is 542. The van der Waals surface area contributed by atoms with Crippen molar-refractivity contribution in [2.75, 3.05) is 6.61 Å². The van der Waals surface area contributed by atoms with E-state index in [1.165, 1.54) is 6.92 Å². The predicted octanol–water partition coefficient (Wildman–Crippen LogP) is -0.200. The van der Waals surface area contributed by atoms with Crippen molar-refractivity contribution in [3.8, 4) is 0 Å². The van der Waals surface area contributed by atoms with Crippen LogP contribution in [0.4, 0.5) is 0 Å². The second kappa shape index (κ2) is 8.05. The Labute approximate surface area is 138 Å². The molecule has 0 aromatic heterocycles. The molecule has 7 nitrogen and oxygen atoms in total. The highest BCUT2D eigenvalue weighted by molar-refractivity contribution is 6.31. The van der Waals surface area contributed by atoms with Crippen LogP contribution in [-0.2, 0) is 20.9 Å². The first-order valence-corrected chi connectivity index (χ1v) is 7.56. The molecule has 0 bridgehead atoms.